The van der Waals surface area contributed by atoms with E-state index in [1.165, 1.54) is 11.1 Å². The SMILES string of the molecule is CCC(c1ccccc1)(c1ccccc1)n1cnnc1. The molecule has 0 spiro atoms. The van der Waals surface area contributed by atoms with Crippen LogP contribution in [0.5, 0.6) is 0 Å². The van der Waals surface area contributed by atoms with Gasteiger partial charge in [0.05, 0.1) is 5.54 Å². The minimum atomic E-state index is -0.258. The van der Waals surface area contributed by atoms with Crippen molar-refractivity contribution >= 4 is 0 Å². The molecule has 0 N–H and O–H groups in total. The predicted molar refractivity (Wildman–Crippen MR) is 79.4 cm³/mol. The number of aromatic nitrogens is 3. The molecule has 0 saturated heterocycles. The Labute approximate surface area is 118 Å². The van der Waals surface area contributed by atoms with Crippen molar-refractivity contribution in [3.63, 3.8) is 0 Å². The van der Waals surface area contributed by atoms with Crippen LogP contribution in [0.25, 0.3) is 0 Å². The van der Waals surface area contributed by atoms with Crippen LogP contribution in [-0.4, -0.2) is 14.8 Å². The third kappa shape index (κ3) is 1.92. The molecule has 0 fully saturated rings. The lowest BCUT2D eigenvalue weighted by Gasteiger charge is -2.35. The van der Waals surface area contributed by atoms with E-state index in [9.17, 15) is 0 Å². The molecule has 3 heteroatoms. The van der Waals surface area contributed by atoms with Crippen LogP contribution in [0.15, 0.2) is 73.3 Å². The maximum absolute atomic E-state index is 4.00. The molecular weight excluding hydrogens is 246 g/mol. The van der Waals surface area contributed by atoms with E-state index in [4.69, 9.17) is 0 Å². The Kier molecular flexibility index (Phi) is 3.33. The number of hydrogen-bond acceptors (Lipinski definition) is 2. The minimum absolute atomic E-state index is 0.258. The third-order valence-corrected chi connectivity index (χ3v) is 3.87. The highest BCUT2D eigenvalue weighted by Crippen LogP contribution is 2.36. The van der Waals surface area contributed by atoms with E-state index >= 15 is 0 Å². The molecule has 0 atom stereocenters. The van der Waals surface area contributed by atoms with Crippen molar-refractivity contribution < 1.29 is 0 Å². The summed E-state index contributed by atoms with van der Waals surface area (Å²) in [5, 5.41) is 8.00. The summed E-state index contributed by atoms with van der Waals surface area (Å²) in [5.74, 6) is 0. The van der Waals surface area contributed by atoms with Gasteiger partial charge in [0.1, 0.15) is 12.7 Å². The number of rotatable bonds is 4. The summed E-state index contributed by atoms with van der Waals surface area (Å²) in [4.78, 5) is 0. The highest BCUT2D eigenvalue weighted by atomic mass is 15.3. The fraction of sp³-hybridized carbons (Fsp3) is 0.176. The monoisotopic (exact) mass is 263 g/mol. The van der Waals surface area contributed by atoms with Gasteiger partial charge in [-0.05, 0) is 17.5 Å². The highest BCUT2D eigenvalue weighted by molar-refractivity contribution is 5.39. The van der Waals surface area contributed by atoms with Gasteiger partial charge in [0.2, 0.25) is 0 Å². The summed E-state index contributed by atoms with van der Waals surface area (Å²) in [6, 6.07) is 21.0. The molecule has 0 bridgehead atoms. The largest absolute Gasteiger partial charge is 0.306 e. The summed E-state index contributed by atoms with van der Waals surface area (Å²) in [7, 11) is 0. The van der Waals surface area contributed by atoms with Crippen molar-refractivity contribution in [2.75, 3.05) is 0 Å². The molecule has 0 saturated carbocycles. The molecule has 0 aliphatic carbocycles. The smallest absolute Gasteiger partial charge is 0.120 e. The number of hydrogen-bond donors (Lipinski definition) is 0. The Bertz CT molecular complexity index is 606. The fourth-order valence-corrected chi connectivity index (χ4v) is 2.88. The van der Waals surface area contributed by atoms with Crippen LogP contribution in [0.1, 0.15) is 24.5 Å². The lowest BCUT2D eigenvalue weighted by molar-refractivity contribution is 0.414. The zero-order chi connectivity index (χ0) is 13.8. The van der Waals surface area contributed by atoms with Crippen LogP contribution in [0.4, 0.5) is 0 Å². The Morgan fingerprint density at radius 2 is 1.25 bits per heavy atom. The summed E-state index contributed by atoms with van der Waals surface area (Å²) in [6.07, 6.45) is 4.52. The van der Waals surface area contributed by atoms with Crippen LogP contribution in [0, 0.1) is 0 Å². The first-order chi connectivity index (χ1) is 9.88. The van der Waals surface area contributed by atoms with Crippen LogP contribution in [-0.2, 0) is 5.54 Å². The molecule has 0 radical (unpaired) electrons. The average Bonchev–Trinajstić information content (AvgIpc) is 3.06. The second-order valence-corrected chi connectivity index (χ2v) is 4.82. The van der Waals surface area contributed by atoms with Gasteiger partial charge in [-0.1, -0.05) is 67.6 Å². The second-order valence-electron chi connectivity index (χ2n) is 4.82. The van der Waals surface area contributed by atoms with Crippen molar-refractivity contribution in [3.05, 3.63) is 84.4 Å². The van der Waals surface area contributed by atoms with Gasteiger partial charge < -0.3 is 4.57 Å². The molecule has 100 valence electrons. The zero-order valence-corrected chi connectivity index (χ0v) is 11.5. The first kappa shape index (κ1) is 12.6. The fourth-order valence-electron chi connectivity index (χ4n) is 2.88. The van der Waals surface area contributed by atoms with Gasteiger partial charge >= 0.3 is 0 Å². The van der Waals surface area contributed by atoms with E-state index in [1.54, 1.807) is 12.7 Å². The molecule has 20 heavy (non-hydrogen) atoms. The molecule has 3 nitrogen and oxygen atoms in total. The molecule has 3 rings (SSSR count). The molecule has 0 aliphatic rings. The highest BCUT2D eigenvalue weighted by Gasteiger charge is 2.34. The molecule has 0 unspecified atom stereocenters. The maximum atomic E-state index is 4.00. The van der Waals surface area contributed by atoms with E-state index in [-0.39, 0.29) is 5.54 Å². The minimum Gasteiger partial charge on any atom is -0.306 e. The van der Waals surface area contributed by atoms with Crippen molar-refractivity contribution in [1.29, 1.82) is 0 Å². The summed E-state index contributed by atoms with van der Waals surface area (Å²) >= 11 is 0. The Morgan fingerprint density at radius 3 is 1.65 bits per heavy atom. The van der Waals surface area contributed by atoms with Gasteiger partial charge in [-0.2, -0.15) is 0 Å². The predicted octanol–water partition coefficient (Wildman–Crippen LogP) is 3.48. The van der Waals surface area contributed by atoms with Gasteiger partial charge in [-0.25, -0.2) is 0 Å². The quantitative estimate of drug-likeness (QED) is 0.721. The lowest BCUT2D eigenvalue weighted by atomic mass is 9.80. The number of benzene rings is 2. The standard InChI is InChI=1S/C17H17N3/c1-2-17(20-13-18-19-14-20,15-9-5-3-6-10-15)16-11-7-4-8-12-16/h3-14H,2H2,1H3. The molecule has 1 aromatic heterocycles. The Hall–Kier alpha value is -2.42. The van der Waals surface area contributed by atoms with Crippen molar-refractivity contribution in [1.82, 2.24) is 14.8 Å². The second kappa shape index (κ2) is 5.29. The van der Waals surface area contributed by atoms with E-state index in [1.807, 2.05) is 12.1 Å². The third-order valence-electron chi connectivity index (χ3n) is 3.87. The van der Waals surface area contributed by atoms with Crippen molar-refractivity contribution in [3.8, 4) is 0 Å². The van der Waals surface area contributed by atoms with Gasteiger partial charge in [-0.3, -0.25) is 0 Å². The first-order valence-corrected chi connectivity index (χ1v) is 6.84. The molecular formula is C17H17N3. The lowest BCUT2D eigenvalue weighted by Crippen LogP contribution is -2.34. The summed E-state index contributed by atoms with van der Waals surface area (Å²) in [6.45, 7) is 2.19. The van der Waals surface area contributed by atoms with Gasteiger partial charge in [-0.15, -0.1) is 10.2 Å². The van der Waals surface area contributed by atoms with E-state index < -0.39 is 0 Å². The van der Waals surface area contributed by atoms with Crippen molar-refractivity contribution in [2.45, 2.75) is 18.9 Å². The maximum Gasteiger partial charge on any atom is 0.120 e. The molecule has 1 heterocycles. The molecule has 0 aliphatic heterocycles. The van der Waals surface area contributed by atoms with Gasteiger partial charge in [0.25, 0.3) is 0 Å². The van der Waals surface area contributed by atoms with Gasteiger partial charge in [0.15, 0.2) is 0 Å². The molecule has 2 aromatic carbocycles. The Morgan fingerprint density at radius 1 is 0.800 bits per heavy atom. The molecule has 3 aromatic rings. The van der Waals surface area contributed by atoms with Crippen LogP contribution < -0.4 is 0 Å². The van der Waals surface area contributed by atoms with E-state index in [0.717, 1.165) is 6.42 Å². The van der Waals surface area contributed by atoms with Crippen LogP contribution in [0.3, 0.4) is 0 Å². The zero-order valence-electron chi connectivity index (χ0n) is 11.5. The Balaban J connectivity index is 2.27. The average molecular weight is 263 g/mol. The summed E-state index contributed by atoms with van der Waals surface area (Å²) in [5.41, 5.74) is 2.23. The normalized spacial score (nSPS) is 11.4. The summed E-state index contributed by atoms with van der Waals surface area (Å²) < 4.78 is 2.09. The van der Waals surface area contributed by atoms with Crippen LogP contribution >= 0.6 is 0 Å². The topological polar surface area (TPSA) is 30.7 Å². The van der Waals surface area contributed by atoms with E-state index in [0.29, 0.717) is 0 Å². The van der Waals surface area contributed by atoms with Gasteiger partial charge in [0, 0.05) is 0 Å². The number of nitrogens with zero attached hydrogens (tertiary/aromatic N) is 3. The van der Waals surface area contributed by atoms with Crippen molar-refractivity contribution in [2.24, 2.45) is 0 Å². The van der Waals surface area contributed by atoms with E-state index in [2.05, 4.69) is 70.2 Å². The van der Waals surface area contributed by atoms with Crippen LogP contribution in [0.2, 0.25) is 0 Å². The molecule has 0 amide bonds. The first-order valence-electron chi connectivity index (χ1n) is 6.84.